The molecular weight excluding hydrogens is 423 g/mol. The molecule has 0 aliphatic carbocycles. The monoisotopic (exact) mass is 443 g/mol. The van der Waals surface area contributed by atoms with Crippen molar-refractivity contribution in [1.82, 2.24) is 9.97 Å². The van der Waals surface area contributed by atoms with Gasteiger partial charge in [-0.3, -0.25) is 9.78 Å². The van der Waals surface area contributed by atoms with E-state index in [2.05, 4.69) is 22.1 Å². The van der Waals surface area contributed by atoms with Crippen molar-refractivity contribution in [3.63, 3.8) is 0 Å². The number of aromatic nitrogens is 2. The highest BCUT2D eigenvalue weighted by molar-refractivity contribution is 7.98. The van der Waals surface area contributed by atoms with Crippen LogP contribution in [0.1, 0.15) is 28.8 Å². The van der Waals surface area contributed by atoms with Crippen LogP contribution in [0.2, 0.25) is 0 Å². The van der Waals surface area contributed by atoms with Gasteiger partial charge in [-0.1, -0.05) is 30.3 Å². The van der Waals surface area contributed by atoms with Gasteiger partial charge in [-0.2, -0.15) is 0 Å². The van der Waals surface area contributed by atoms with Crippen LogP contribution in [-0.4, -0.2) is 28.8 Å². The van der Waals surface area contributed by atoms with Gasteiger partial charge in [0.25, 0.3) is 0 Å². The van der Waals surface area contributed by atoms with Crippen molar-refractivity contribution < 1.29 is 18.0 Å². The maximum atomic E-state index is 14.0. The summed E-state index contributed by atoms with van der Waals surface area (Å²) in [6.45, 7) is 1.03. The maximum Gasteiger partial charge on any atom is 0.171 e. The number of Topliss-reactive ketones (excluding diaryl/α,β-unsaturated/α-hetero) is 1. The third-order valence-electron chi connectivity index (χ3n) is 5.27. The van der Waals surface area contributed by atoms with Crippen molar-refractivity contribution >= 4 is 23.4 Å². The number of halogens is 3. The highest BCUT2D eigenvalue weighted by Crippen LogP contribution is 2.28. The maximum absolute atomic E-state index is 14.0. The number of hydrogen-bond donors (Lipinski definition) is 0. The highest BCUT2D eigenvalue weighted by atomic mass is 32.2. The molecule has 2 heterocycles. The van der Waals surface area contributed by atoms with E-state index in [1.165, 1.54) is 5.56 Å². The second kappa shape index (κ2) is 9.51. The predicted octanol–water partition coefficient (Wildman–Crippen LogP) is 5.29. The van der Waals surface area contributed by atoms with Gasteiger partial charge < -0.3 is 4.90 Å². The van der Waals surface area contributed by atoms with Crippen LogP contribution < -0.4 is 4.90 Å². The molecule has 0 atom stereocenters. The molecular formula is C23H20F3N3OS. The lowest BCUT2D eigenvalue weighted by molar-refractivity contribution is 0.0891. The standard InChI is InChI=1S/C23H20F3N3OS/c24-17-10-18(25)22(19(26)11-17)23(30)16-6-8-29(9-7-16)20-12-27-13-21(28-20)31-14-15-4-2-1-3-5-15/h1-5,10-13,16H,6-9,14H2. The van der Waals surface area contributed by atoms with E-state index in [1.54, 1.807) is 24.2 Å². The molecule has 4 rings (SSSR count). The van der Waals surface area contributed by atoms with Crippen molar-refractivity contribution in [3.05, 3.63) is 83.4 Å². The zero-order chi connectivity index (χ0) is 21.8. The van der Waals surface area contributed by atoms with E-state index >= 15 is 0 Å². The Hall–Kier alpha value is -2.87. The van der Waals surface area contributed by atoms with Crippen LogP contribution in [0.5, 0.6) is 0 Å². The molecule has 3 aromatic rings. The SMILES string of the molecule is O=C(c1c(F)cc(F)cc1F)C1CCN(c2cncc(SCc3ccccc3)n2)CC1. The molecule has 1 saturated heterocycles. The first-order chi connectivity index (χ1) is 15.0. The van der Waals surface area contributed by atoms with Gasteiger partial charge in [0, 0.05) is 36.9 Å². The molecule has 8 heteroatoms. The Kier molecular flexibility index (Phi) is 6.56. The van der Waals surface area contributed by atoms with Crippen LogP contribution in [-0.2, 0) is 5.75 Å². The number of benzene rings is 2. The Morgan fingerprint density at radius 3 is 2.39 bits per heavy atom. The molecule has 0 bridgehead atoms. The molecule has 1 aliphatic rings. The molecule has 0 radical (unpaired) electrons. The van der Waals surface area contributed by atoms with Crippen LogP contribution in [0.4, 0.5) is 19.0 Å². The van der Waals surface area contributed by atoms with Crippen LogP contribution >= 0.6 is 11.8 Å². The van der Waals surface area contributed by atoms with Crippen molar-refractivity contribution in [3.8, 4) is 0 Å². The highest BCUT2D eigenvalue weighted by Gasteiger charge is 2.30. The molecule has 31 heavy (non-hydrogen) atoms. The third-order valence-corrected chi connectivity index (χ3v) is 6.24. The number of rotatable bonds is 6. The second-order valence-electron chi connectivity index (χ2n) is 7.36. The summed E-state index contributed by atoms with van der Waals surface area (Å²) < 4.78 is 41.1. The first-order valence-electron chi connectivity index (χ1n) is 9.94. The summed E-state index contributed by atoms with van der Waals surface area (Å²) in [6, 6.07) is 11.2. The van der Waals surface area contributed by atoms with Crippen molar-refractivity contribution in [2.24, 2.45) is 5.92 Å². The predicted molar refractivity (Wildman–Crippen MR) is 114 cm³/mol. The molecule has 4 nitrogen and oxygen atoms in total. The van der Waals surface area contributed by atoms with Gasteiger partial charge in [-0.05, 0) is 18.4 Å². The summed E-state index contributed by atoms with van der Waals surface area (Å²) in [7, 11) is 0. The van der Waals surface area contributed by atoms with Gasteiger partial charge in [0.2, 0.25) is 0 Å². The van der Waals surface area contributed by atoms with Gasteiger partial charge in [-0.15, -0.1) is 11.8 Å². The fourth-order valence-corrected chi connectivity index (χ4v) is 4.44. The van der Waals surface area contributed by atoms with E-state index in [0.29, 0.717) is 43.9 Å². The molecule has 0 saturated carbocycles. The average molecular weight is 443 g/mol. The number of anilines is 1. The molecule has 0 spiro atoms. The van der Waals surface area contributed by atoms with Gasteiger partial charge >= 0.3 is 0 Å². The van der Waals surface area contributed by atoms with E-state index in [1.807, 2.05) is 23.1 Å². The lowest BCUT2D eigenvalue weighted by atomic mass is 9.88. The van der Waals surface area contributed by atoms with Crippen LogP contribution in [0.3, 0.4) is 0 Å². The molecule has 0 amide bonds. The molecule has 0 unspecified atom stereocenters. The number of carbonyl (C=O) groups excluding carboxylic acids is 1. The van der Waals surface area contributed by atoms with Crippen molar-refractivity contribution in [2.75, 3.05) is 18.0 Å². The Morgan fingerprint density at radius 2 is 1.71 bits per heavy atom. The largest absolute Gasteiger partial charge is 0.355 e. The minimum atomic E-state index is -1.15. The van der Waals surface area contributed by atoms with E-state index in [0.717, 1.165) is 10.8 Å². The Bertz CT molecular complexity index is 1050. The van der Waals surface area contributed by atoms with Gasteiger partial charge in [0.15, 0.2) is 5.78 Å². The number of ketones is 1. The lowest BCUT2D eigenvalue weighted by Gasteiger charge is -2.32. The molecule has 160 valence electrons. The van der Waals surface area contributed by atoms with E-state index in [9.17, 15) is 18.0 Å². The Labute approximate surface area is 182 Å². The number of hydrogen-bond acceptors (Lipinski definition) is 5. The zero-order valence-electron chi connectivity index (χ0n) is 16.6. The van der Waals surface area contributed by atoms with E-state index in [4.69, 9.17) is 0 Å². The molecule has 1 aromatic heterocycles. The number of nitrogens with zero attached hydrogens (tertiary/aromatic N) is 3. The normalized spacial score (nSPS) is 14.6. The minimum Gasteiger partial charge on any atom is -0.355 e. The van der Waals surface area contributed by atoms with Gasteiger partial charge in [-0.25, -0.2) is 18.2 Å². The topological polar surface area (TPSA) is 46.1 Å². The number of piperidine rings is 1. The Morgan fingerprint density at radius 1 is 1.03 bits per heavy atom. The fraction of sp³-hybridized carbons (Fsp3) is 0.261. The zero-order valence-corrected chi connectivity index (χ0v) is 17.4. The number of carbonyl (C=O) groups is 1. The molecule has 1 aliphatic heterocycles. The van der Waals surface area contributed by atoms with E-state index < -0.39 is 34.7 Å². The summed E-state index contributed by atoms with van der Waals surface area (Å²) in [5.41, 5.74) is 0.540. The summed E-state index contributed by atoms with van der Waals surface area (Å²) in [4.78, 5) is 23.6. The van der Waals surface area contributed by atoms with Gasteiger partial charge in [0.05, 0.1) is 18.0 Å². The third kappa shape index (κ3) is 5.07. The van der Waals surface area contributed by atoms with Crippen LogP contribution in [0.25, 0.3) is 0 Å². The summed E-state index contributed by atoms with van der Waals surface area (Å²) in [6.07, 6.45) is 4.25. The summed E-state index contributed by atoms with van der Waals surface area (Å²) in [5, 5.41) is 0.801. The Balaban J connectivity index is 1.38. The average Bonchev–Trinajstić information content (AvgIpc) is 2.78. The van der Waals surface area contributed by atoms with Crippen LogP contribution in [0.15, 0.2) is 59.9 Å². The first kappa shape index (κ1) is 21.4. The summed E-state index contributed by atoms with van der Waals surface area (Å²) >= 11 is 1.59. The molecule has 2 aromatic carbocycles. The first-order valence-corrected chi connectivity index (χ1v) is 10.9. The van der Waals surface area contributed by atoms with E-state index in [-0.39, 0.29) is 0 Å². The fourth-order valence-electron chi connectivity index (χ4n) is 3.64. The smallest absolute Gasteiger partial charge is 0.171 e. The van der Waals surface area contributed by atoms with Crippen molar-refractivity contribution in [1.29, 1.82) is 0 Å². The quantitative estimate of drug-likeness (QED) is 0.383. The summed E-state index contributed by atoms with van der Waals surface area (Å²) in [5.74, 6) is -2.99. The van der Waals surface area contributed by atoms with Crippen LogP contribution in [0, 0.1) is 23.4 Å². The minimum absolute atomic E-state index is 0.429. The number of thioether (sulfide) groups is 1. The second-order valence-corrected chi connectivity index (χ2v) is 8.36. The lowest BCUT2D eigenvalue weighted by Crippen LogP contribution is -2.37. The molecule has 1 fully saturated rings. The molecule has 0 N–H and O–H groups in total. The van der Waals surface area contributed by atoms with Crippen molar-refractivity contribution in [2.45, 2.75) is 23.6 Å². The van der Waals surface area contributed by atoms with Gasteiger partial charge in [0.1, 0.15) is 28.3 Å².